The van der Waals surface area contributed by atoms with Crippen molar-refractivity contribution in [2.45, 2.75) is 19.3 Å². The molecule has 0 bridgehead atoms. The van der Waals surface area contributed by atoms with Crippen LogP contribution >= 0.6 is 15.9 Å². The van der Waals surface area contributed by atoms with Gasteiger partial charge in [0.05, 0.1) is 6.42 Å². The lowest BCUT2D eigenvalue weighted by molar-refractivity contribution is -0.131. The summed E-state index contributed by atoms with van der Waals surface area (Å²) in [5.74, 6) is 0.509. The molecular weight excluding hydrogens is 297 g/mol. The highest BCUT2D eigenvalue weighted by Crippen LogP contribution is 2.19. The first-order valence-corrected chi connectivity index (χ1v) is 7.39. The fraction of sp³-hybridized carbons (Fsp3) is 0.500. The molecule has 98 valence electrons. The molecule has 18 heavy (non-hydrogen) atoms. The summed E-state index contributed by atoms with van der Waals surface area (Å²) in [5.41, 5.74) is 0.752. The Bertz CT molecular complexity index is 416. The Morgan fingerprint density at radius 2 is 2.11 bits per heavy atom. The van der Waals surface area contributed by atoms with Crippen LogP contribution in [0.2, 0.25) is 0 Å². The summed E-state index contributed by atoms with van der Waals surface area (Å²) in [6.07, 6.45) is 2.41. The van der Waals surface area contributed by atoms with Crippen molar-refractivity contribution in [2.75, 3.05) is 18.4 Å². The van der Waals surface area contributed by atoms with Crippen molar-refractivity contribution in [3.05, 3.63) is 35.6 Å². The second kappa shape index (κ2) is 6.32. The van der Waals surface area contributed by atoms with Gasteiger partial charge in [0.1, 0.15) is 5.82 Å². The minimum absolute atomic E-state index is 0.105. The van der Waals surface area contributed by atoms with E-state index in [-0.39, 0.29) is 11.7 Å². The van der Waals surface area contributed by atoms with E-state index < -0.39 is 0 Å². The highest BCUT2D eigenvalue weighted by Gasteiger charge is 2.21. The molecule has 1 aromatic carbocycles. The van der Waals surface area contributed by atoms with Crippen LogP contribution in [-0.2, 0) is 11.2 Å². The molecule has 1 heterocycles. The number of carbonyl (C=O) groups excluding carboxylic acids is 1. The van der Waals surface area contributed by atoms with Crippen LogP contribution in [-0.4, -0.2) is 29.2 Å². The lowest BCUT2D eigenvalue weighted by Gasteiger charge is -2.31. The second-order valence-corrected chi connectivity index (χ2v) is 5.43. The molecule has 1 saturated heterocycles. The Balaban J connectivity index is 1.89. The Morgan fingerprint density at radius 3 is 2.72 bits per heavy atom. The van der Waals surface area contributed by atoms with Crippen LogP contribution in [0.1, 0.15) is 18.4 Å². The number of amides is 1. The second-order valence-electron chi connectivity index (χ2n) is 4.79. The van der Waals surface area contributed by atoms with Gasteiger partial charge in [-0.05, 0) is 36.5 Å². The van der Waals surface area contributed by atoms with Gasteiger partial charge in [-0.2, -0.15) is 0 Å². The lowest BCUT2D eigenvalue weighted by atomic mass is 9.98. The number of rotatable bonds is 3. The average Bonchev–Trinajstić information content (AvgIpc) is 2.39. The smallest absolute Gasteiger partial charge is 0.226 e. The number of nitrogens with zero attached hydrogens (tertiary/aromatic N) is 1. The maximum atomic E-state index is 13.0. The molecule has 0 aromatic heterocycles. The topological polar surface area (TPSA) is 20.3 Å². The third-order valence-electron chi connectivity index (χ3n) is 3.43. The van der Waals surface area contributed by atoms with Gasteiger partial charge in [-0.15, -0.1) is 0 Å². The molecule has 0 N–H and O–H groups in total. The first-order chi connectivity index (χ1) is 8.69. The number of alkyl halides is 1. The van der Waals surface area contributed by atoms with Crippen molar-refractivity contribution in [1.82, 2.24) is 4.90 Å². The van der Waals surface area contributed by atoms with Crippen LogP contribution < -0.4 is 0 Å². The van der Waals surface area contributed by atoms with Gasteiger partial charge in [-0.1, -0.05) is 28.1 Å². The minimum atomic E-state index is -0.279. The molecule has 0 spiro atoms. The van der Waals surface area contributed by atoms with E-state index in [1.807, 2.05) is 4.90 Å². The highest BCUT2D eigenvalue weighted by molar-refractivity contribution is 9.09. The van der Waals surface area contributed by atoms with Crippen molar-refractivity contribution in [1.29, 1.82) is 0 Å². The van der Waals surface area contributed by atoms with Crippen molar-refractivity contribution in [2.24, 2.45) is 5.92 Å². The number of likely N-dealkylation sites (tertiary alicyclic amines) is 1. The van der Waals surface area contributed by atoms with Gasteiger partial charge in [-0.3, -0.25) is 4.79 Å². The van der Waals surface area contributed by atoms with Gasteiger partial charge in [0.25, 0.3) is 0 Å². The molecular formula is C14H17BrFNO. The Labute approximate surface area is 115 Å². The van der Waals surface area contributed by atoms with E-state index in [2.05, 4.69) is 15.9 Å². The third kappa shape index (κ3) is 3.55. The molecule has 1 aromatic rings. The quantitative estimate of drug-likeness (QED) is 0.786. The predicted molar refractivity (Wildman–Crippen MR) is 73.2 cm³/mol. The summed E-state index contributed by atoms with van der Waals surface area (Å²) < 4.78 is 13.0. The van der Waals surface area contributed by atoms with Gasteiger partial charge in [0.2, 0.25) is 5.91 Å². The van der Waals surface area contributed by atoms with E-state index in [1.54, 1.807) is 12.1 Å². The molecule has 2 rings (SSSR count). The molecule has 0 aliphatic carbocycles. The van der Waals surface area contributed by atoms with E-state index in [1.165, 1.54) is 12.1 Å². The van der Waals surface area contributed by atoms with E-state index in [4.69, 9.17) is 0 Å². The van der Waals surface area contributed by atoms with E-state index in [0.29, 0.717) is 12.3 Å². The van der Waals surface area contributed by atoms with Gasteiger partial charge >= 0.3 is 0 Å². The normalized spacial score (nSPS) is 16.9. The monoisotopic (exact) mass is 313 g/mol. The number of piperidine rings is 1. The number of hydrogen-bond donors (Lipinski definition) is 0. The SMILES string of the molecule is O=C(Cc1cccc(F)c1)N1CCC(CBr)CC1. The summed E-state index contributed by atoms with van der Waals surface area (Å²) in [7, 11) is 0. The highest BCUT2D eigenvalue weighted by atomic mass is 79.9. The molecule has 2 nitrogen and oxygen atoms in total. The van der Waals surface area contributed by atoms with Crippen LogP contribution in [0.3, 0.4) is 0 Å². The number of halogens is 2. The maximum Gasteiger partial charge on any atom is 0.226 e. The zero-order valence-corrected chi connectivity index (χ0v) is 11.8. The fourth-order valence-corrected chi connectivity index (χ4v) is 2.92. The van der Waals surface area contributed by atoms with Crippen LogP contribution in [0.15, 0.2) is 24.3 Å². The summed E-state index contributed by atoms with van der Waals surface area (Å²) in [4.78, 5) is 14.0. The van der Waals surface area contributed by atoms with Crippen molar-refractivity contribution in [3.8, 4) is 0 Å². The standard InChI is InChI=1S/C14H17BrFNO/c15-10-11-4-6-17(7-5-11)14(18)9-12-2-1-3-13(16)8-12/h1-3,8,11H,4-7,9-10H2. The summed E-state index contributed by atoms with van der Waals surface area (Å²) in [6, 6.07) is 6.28. The predicted octanol–water partition coefficient (Wildman–Crippen LogP) is 3.00. The Kier molecular flexibility index (Phi) is 4.75. The van der Waals surface area contributed by atoms with Crippen LogP contribution in [0, 0.1) is 11.7 Å². The van der Waals surface area contributed by atoms with Crippen molar-refractivity contribution >= 4 is 21.8 Å². The zero-order valence-electron chi connectivity index (χ0n) is 10.2. The molecule has 0 radical (unpaired) electrons. The van der Waals surface area contributed by atoms with E-state index in [9.17, 15) is 9.18 Å². The average molecular weight is 314 g/mol. The molecule has 1 aliphatic rings. The molecule has 1 amide bonds. The number of benzene rings is 1. The van der Waals surface area contributed by atoms with Crippen LogP contribution in [0.4, 0.5) is 4.39 Å². The fourth-order valence-electron chi connectivity index (χ4n) is 2.27. The van der Waals surface area contributed by atoms with E-state index >= 15 is 0 Å². The molecule has 4 heteroatoms. The first kappa shape index (κ1) is 13.5. The van der Waals surface area contributed by atoms with Crippen LogP contribution in [0.5, 0.6) is 0 Å². The lowest BCUT2D eigenvalue weighted by Crippen LogP contribution is -2.39. The molecule has 0 unspecified atom stereocenters. The Hall–Kier alpha value is -0.900. The van der Waals surface area contributed by atoms with Gasteiger partial charge < -0.3 is 4.90 Å². The molecule has 1 aliphatic heterocycles. The largest absolute Gasteiger partial charge is 0.342 e. The summed E-state index contributed by atoms with van der Waals surface area (Å²) in [6.45, 7) is 1.65. The number of hydrogen-bond acceptors (Lipinski definition) is 1. The first-order valence-electron chi connectivity index (χ1n) is 6.27. The maximum absolute atomic E-state index is 13.0. The zero-order chi connectivity index (χ0) is 13.0. The van der Waals surface area contributed by atoms with E-state index in [0.717, 1.165) is 36.8 Å². The molecule has 0 saturated carbocycles. The van der Waals surface area contributed by atoms with Gasteiger partial charge in [-0.25, -0.2) is 4.39 Å². The molecule has 0 atom stereocenters. The van der Waals surface area contributed by atoms with Crippen molar-refractivity contribution < 1.29 is 9.18 Å². The van der Waals surface area contributed by atoms with Crippen LogP contribution in [0.25, 0.3) is 0 Å². The summed E-state index contributed by atoms with van der Waals surface area (Å²) >= 11 is 3.48. The molecule has 1 fully saturated rings. The van der Waals surface area contributed by atoms with Gasteiger partial charge in [0.15, 0.2) is 0 Å². The minimum Gasteiger partial charge on any atom is -0.342 e. The van der Waals surface area contributed by atoms with Gasteiger partial charge in [0, 0.05) is 18.4 Å². The Morgan fingerprint density at radius 1 is 1.39 bits per heavy atom. The van der Waals surface area contributed by atoms with Crippen molar-refractivity contribution in [3.63, 3.8) is 0 Å². The third-order valence-corrected chi connectivity index (χ3v) is 4.35. The summed E-state index contributed by atoms with van der Waals surface area (Å²) in [5, 5.41) is 1.01. The number of carbonyl (C=O) groups is 1.